The van der Waals surface area contributed by atoms with Crippen molar-refractivity contribution in [1.29, 1.82) is 0 Å². The fraction of sp³-hybridized carbons (Fsp3) is 0.348. The van der Waals surface area contributed by atoms with E-state index in [0.29, 0.717) is 11.7 Å². The minimum atomic E-state index is -0.127. The van der Waals surface area contributed by atoms with Gasteiger partial charge in [0.1, 0.15) is 0 Å². The van der Waals surface area contributed by atoms with Gasteiger partial charge in [-0.2, -0.15) is 4.98 Å². The normalized spacial score (nSPS) is 16.8. The van der Waals surface area contributed by atoms with Crippen LogP contribution in [0.2, 0.25) is 0 Å². The van der Waals surface area contributed by atoms with Gasteiger partial charge in [-0.05, 0) is 54.6 Å². The van der Waals surface area contributed by atoms with Gasteiger partial charge in [-0.1, -0.05) is 55.8 Å². The smallest absolute Gasteiger partial charge is 0.258 e. The lowest BCUT2D eigenvalue weighted by Crippen LogP contribution is -2.46. The Morgan fingerprint density at radius 3 is 2.67 bits per heavy atom. The number of benzene rings is 1. The minimum absolute atomic E-state index is 0.127. The molecule has 0 saturated heterocycles. The van der Waals surface area contributed by atoms with Crippen LogP contribution in [0.5, 0.6) is 0 Å². The molecule has 0 fully saturated rings. The quantitative estimate of drug-likeness (QED) is 0.469. The summed E-state index contributed by atoms with van der Waals surface area (Å²) < 4.78 is 5.76. The summed E-state index contributed by atoms with van der Waals surface area (Å²) in [4.78, 5) is 7.89. The van der Waals surface area contributed by atoms with Gasteiger partial charge < -0.3 is 14.7 Å². The molecule has 1 atom stereocenters. The first-order valence-corrected chi connectivity index (χ1v) is 11.7. The molecule has 1 aliphatic rings. The van der Waals surface area contributed by atoms with Crippen LogP contribution in [0.1, 0.15) is 56.7 Å². The van der Waals surface area contributed by atoms with Gasteiger partial charge in [0, 0.05) is 12.2 Å². The van der Waals surface area contributed by atoms with Gasteiger partial charge in [-0.3, -0.25) is 0 Å². The van der Waals surface area contributed by atoms with Crippen LogP contribution >= 0.6 is 23.6 Å². The lowest BCUT2D eigenvalue weighted by molar-refractivity contribution is 0.395. The minimum Gasteiger partial charge on any atom is -0.351 e. The first-order chi connectivity index (χ1) is 14.6. The third kappa shape index (κ3) is 4.04. The zero-order chi connectivity index (χ0) is 21.1. The second-order valence-electron chi connectivity index (χ2n) is 7.38. The highest BCUT2D eigenvalue weighted by molar-refractivity contribution is 7.80. The van der Waals surface area contributed by atoms with Crippen LogP contribution in [0.15, 0.2) is 52.0 Å². The summed E-state index contributed by atoms with van der Waals surface area (Å²) in [7, 11) is 0. The van der Waals surface area contributed by atoms with Crippen molar-refractivity contribution >= 4 is 34.2 Å². The molecule has 0 radical (unpaired) electrons. The fourth-order valence-electron chi connectivity index (χ4n) is 3.68. The number of nitrogens with zero attached hydrogens (tertiary/aromatic N) is 3. The van der Waals surface area contributed by atoms with Gasteiger partial charge in [0.25, 0.3) is 5.89 Å². The lowest BCUT2D eigenvalue weighted by Gasteiger charge is -2.37. The van der Waals surface area contributed by atoms with Gasteiger partial charge >= 0.3 is 0 Å². The lowest BCUT2D eigenvalue weighted by atomic mass is 9.94. The number of hydrogen-bond acceptors (Lipinski definition) is 5. The van der Waals surface area contributed by atoms with Gasteiger partial charge in [-0.15, -0.1) is 11.3 Å². The summed E-state index contributed by atoms with van der Waals surface area (Å²) in [6, 6.07) is 12.5. The van der Waals surface area contributed by atoms with Crippen molar-refractivity contribution < 1.29 is 4.52 Å². The largest absolute Gasteiger partial charge is 0.351 e. The van der Waals surface area contributed by atoms with E-state index in [4.69, 9.17) is 21.7 Å². The summed E-state index contributed by atoms with van der Waals surface area (Å²) >= 11 is 7.33. The van der Waals surface area contributed by atoms with E-state index in [0.717, 1.165) is 52.6 Å². The maximum atomic E-state index is 5.76. The first-order valence-electron chi connectivity index (χ1n) is 10.4. The van der Waals surface area contributed by atoms with Crippen molar-refractivity contribution in [2.45, 2.75) is 46.1 Å². The zero-order valence-electron chi connectivity index (χ0n) is 17.5. The molecule has 3 heterocycles. The zero-order valence-corrected chi connectivity index (χ0v) is 19.1. The second-order valence-corrected chi connectivity index (χ2v) is 8.72. The maximum Gasteiger partial charge on any atom is 0.258 e. The standard InChI is InChI=1S/C23H26N4OS2/c1-4-6-13-27-15(3)19(22-25-21(26-28-22)18-8-7-14-30-18)20(24-23(27)29)17-11-9-16(5-2)10-12-17/h7-12,14,20H,4-6,13H2,1-3H3,(H,24,29). The first kappa shape index (κ1) is 20.8. The van der Waals surface area contributed by atoms with Crippen molar-refractivity contribution in [2.24, 2.45) is 0 Å². The summed E-state index contributed by atoms with van der Waals surface area (Å²) in [6.07, 6.45) is 3.18. The monoisotopic (exact) mass is 438 g/mol. The van der Waals surface area contributed by atoms with E-state index in [-0.39, 0.29) is 6.04 Å². The number of nitrogens with one attached hydrogen (secondary N) is 1. The van der Waals surface area contributed by atoms with Crippen molar-refractivity contribution in [2.75, 3.05) is 6.54 Å². The Labute approximate surface area is 186 Å². The molecule has 30 heavy (non-hydrogen) atoms. The topological polar surface area (TPSA) is 54.2 Å². The highest BCUT2D eigenvalue weighted by Gasteiger charge is 2.33. The van der Waals surface area contributed by atoms with Crippen molar-refractivity contribution in [1.82, 2.24) is 20.4 Å². The van der Waals surface area contributed by atoms with Crippen LogP contribution in [-0.2, 0) is 6.42 Å². The average molecular weight is 439 g/mol. The molecular weight excluding hydrogens is 412 g/mol. The van der Waals surface area contributed by atoms with Crippen LogP contribution < -0.4 is 5.32 Å². The van der Waals surface area contributed by atoms with E-state index in [1.165, 1.54) is 5.56 Å². The molecule has 0 aliphatic carbocycles. The van der Waals surface area contributed by atoms with Crippen molar-refractivity contribution in [3.8, 4) is 10.7 Å². The molecule has 1 N–H and O–H groups in total. The number of hydrogen-bond donors (Lipinski definition) is 1. The van der Waals surface area contributed by atoms with E-state index in [1.54, 1.807) is 11.3 Å². The summed E-state index contributed by atoms with van der Waals surface area (Å²) in [6.45, 7) is 7.31. The number of thiocarbonyl (C=S) groups is 1. The molecule has 0 spiro atoms. The average Bonchev–Trinajstić information content (AvgIpc) is 3.45. The van der Waals surface area contributed by atoms with E-state index in [9.17, 15) is 0 Å². The number of allylic oxidation sites excluding steroid dienone is 1. The molecule has 5 nitrogen and oxygen atoms in total. The molecule has 156 valence electrons. The number of aryl methyl sites for hydroxylation is 1. The summed E-state index contributed by atoms with van der Waals surface area (Å²) in [5.41, 5.74) is 4.49. The second kappa shape index (κ2) is 9.10. The molecule has 0 saturated carbocycles. The fourth-order valence-corrected chi connectivity index (χ4v) is 4.67. The predicted octanol–water partition coefficient (Wildman–Crippen LogP) is 5.82. The molecule has 0 amide bonds. The number of aromatic nitrogens is 2. The number of thiophene rings is 1. The van der Waals surface area contributed by atoms with Crippen LogP contribution in [0.25, 0.3) is 16.3 Å². The molecule has 4 rings (SSSR count). The molecule has 7 heteroatoms. The Morgan fingerprint density at radius 1 is 1.20 bits per heavy atom. The van der Waals surface area contributed by atoms with Gasteiger partial charge in [-0.25, -0.2) is 0 Å². The predicted molar refractivity (Wildman–Crippen MR) is 126 cm³/mol. The molecule has 1 aliphatic heterocycles. The molecule has 2 aromatic heterocycles. The van der Waals surface area contributed by atoms with Gasteiger partial charge in [0.15, 0.2) is 5.11 Å². The molecule has 0 bridgehead atoms. The van der Waals surface area contributed by atoms with Crippen LogP contribution in [-0.4, -0.2) is 26.7 Å². The Bertz CT molecular complexity index is 1040. The van der Waals surface area contributed by atoms with Crippen molar-refractivity contribution in [3.05, 3.63) is 64.5 Å². The Morgan fingerprint density at radius 2 is 2.00 bits per heavy atom. The Hall–Kier alpha value is -2.51. The van der Waals surface area contributed by atoms with Crippen LogP contribution in [0.3, 0.4) is 0 Å². The summed E-state index contributed by atoms with van der Waals surface area (Å²) in [5, 5.41) is 10.5. The Kier molecular flexibility index (Phi) is 6.29. The number of rotatable bonds is 7. The maximum absolute atomic E-state index is 5.76. The van der Waals surface area contributed by atoms with E-state index in [2.05, 4.69) is 60.4 Å². The van der Waals surface area contributed by atoms with Crippen molar-refractivity contribution in [3.63, 3.8) is 0 Å². The third-order valence-corrected chi connectivity index (χ3v) is 6.65. The molecule has 3 aromatic rings. The molecular formula is C23H26N4OS2. The number of unbranched alkanes of at least 4 members (excludes halogenated alkanes) is 1. The van der Waals surface area contributed by atoms with E-state index >= 15 is 0 Å². The Balaban J connectivity index is 1.78. The summed E-state index contributed by atoms with van der Waals surface area (Å²) in [5.74, 6) is 1.16. The van der Waals surface area contributed by atoms with Gasteiger partial charge in [0.2, 0.25) is 5.82 Å². The van der Waals surface area contributed by atoms with E-state index < -0.39 is 0 Å². The third-order valence-electron chi connectivity index (χ3n) is 5.45. The van der Waals surface area contributed by atoms with Crippen LogP contribution in [0, 0.1) is 0 Å². The van der Waals surface area contributed by atoms with Gasteiger partial charge in [0.05, 0.1) is 16.5 Å². The highest BCUT2D eigenvalue weighted by atomic mass is 32.1. The molecule has 1 aromatic carbocycles. The SMILES string of the molecule is CCCCN1C(=S)NC(c2ccc(CC)cc2)C(c2nc(-c3cccs3)no2)=C1C. The highest BCUT2D eigenvalue weighted by Crippen LogP contribution is 2.37. The molecule has 1 unspecified atom stereocenters. The van der Waals surface area contributed by atoms with E-state index in [1.807, 2.05) is 17.5 Å². The van der Waals surface area contributed by atoms with Crippen LogP contribution in [0.4, 0.5) is 0 Å².